The van der Waals surface area contributed by atoms with E-state index in [4.69, 9.17) is 0 Å². The third-order valence-electron chi connectivity index (χ3n) is 2.61. The molecule has 5 heteroatoms. The fourth-order valence-corrected chi connectivity index (χ4v) is 2.63. The van der Waals surface area contributed by atoms with Crippen LogP contribution in [-0.4, -0.2) is 17.3 Å². The first kappa shape index (κ1) is 16.1. The van der Waals surface area contributed by atoms with Crippen LogP contribution in [0.15, 0.2) is 18.2 Å². The number of carbonyl (C=O) groups excluding carboxylic acids is 1. The molecular formula is C14H18BrF2NO. The summed E-state index contributed by atoms with van der Waals surface area (Å²) < 4.78 is 26.1. The number of amides is 1. The summed E-state index contributed by atoms with van der Waals surface area (Å²) in [5.41, 5.74) is 0.203. The van der Waals surface area contributed by atoms with Crippen LogP contribution in [0.2, 0.25) is 0 Å². The first-order valence-corrected chi connectivity index (χ1v) is 7.14. The molecule has 2 nitrogen and oxygen atoms in total. The van der Waals surface area contributed by atoms with E-state index >= 15 is 0 Å². The number of rotatable bonds is 6. The maximum absolute atomic E-state index is 13.4. The summed E-state index contributed by atoms with van der Waals surface area (Å²) in [6, 6.07) is 3.23. The monoisotopic (exact) mass is 333 g/mol. The molecular weight excluding hydrogens is 316 g/mol. The quantitative estimate of drug-likeness (QED) is 0.794. The van der Waals surface area contributed by atoms with Gasteiger partial charge in [0, 0.05) is 17.4 Å². The first-order chi connectivity index (χ1) is 8.88. The average molecular weight is 334 g/mol. The lowest BCUT2D eigenvalue weighted by Crippen LogP contribution is -2.31. The maximum Gasteiger partial charge on any atom is 0.224 e. The lowest BCUT2D eigenvalue weighted by molar-refractivity contribution is -0.120. The zero-order valence-electron chi connectivity index (χ0n) is 11.1. The van der Waals surface area contributed by atoms with Crippen molar-refractivity contribution in [2.75, 3.05) is 6.54 Å². The maximum atomic E-state index is 13.4. The Morgan fingerprint density at radius 3 is 2.63 bits per heavy atom. The van der Waals surface area contributed by atoms with Crippen molar-refractivity contribution in [1.29, 1.82) is 0 Å². The molecule has 0 saturated heterocycles. The molecule has 1 N–H and O–H groups in total. The molecule has 1 unspecified atom stereocenters. The lowest BCUT2D eigenvalue weighted by atomic mass is 10.1. The van der Waals surface area contributed by atoms with Crippen LogP contribution in [0, 0.1) is 17.6 Å². The fourth-order valence-electron chi connectivity index (χ4n) is 1.72. The van der Waals surface area contributed by atoms with E-state index in [0.29, 0.717) is 12.5 Å². The van der Waals surface area contributed by atoms with Gasteiger partial charge in [0.15, 0.2) is 0 Å². The van der Waals surface area contributed by atoms with Crippen molar-refractivity contribution in [3.63, 3.8) is 0 Å². The summed E-state index contributed by atoms with van der Waals surface area (Å²) in [6.07, 6.45) is 0.874. The highest BCUT2D eigenvalue weighted by Gasteiger charge is 2.11. The molecule has 19 heavy (non-hydrogen) atoms. The van der Waals surface area contributed by atoms with Gasteiger partial charge in [-0.2, -0.15) is 0 Å². The molecule has 0 radical (unpaired) electrons. The Bertz CT molecular complexity index is 437. The van der Waals surface area contributed by atoms with E-state index in [-0.39, 0.29) is 22.7 Å². The van der Waals surface area contributed by atoms with Crippen LogP contribution >= 0.6 is 15.9 Å². The number of halogens is 3. The Balaban J connectivity index is 2.43. The van der Waals surface area contributed by atoms with Gasteiger partial charge in [-0.15, -0.1) is 0 Å². The van der Waals surface area contributed by atoms with Gasteiger partial charge in [-0.1, -0.05) is 35.8 Å². The van der Waals surface area contributed by atoms with Crippen molar-refractivity contribution in [3.8, 4) is 0 Å². The molecule has 0 fully saturated rings. The predicted octanol–water partition coefficient (Wildman–Crippen LogP) is 3.43. The standard InChI is InChI=1S/C14H18BrF2NO/c1-9(2)5-11(15)8-18-14(19)6-10-3-4-12(16)7-13(10)17/h3-4,7,9,11H,5-6,8H2,1-2H3,(H,18,19). The summed E-state index contributed by atoms with van der Waals surface area (Å²) in [7, 11) is 0. The number of benzene rings is 1. The third-order valence-corrected chi connectivity index (χ3v) is 3.31. The Kier molecular flexibility index (Phi) is 6.42. The second kappa shape index (κ2) is 7.58. The highest BCUT2D eigenvalue weighted by Crippen LogP contribution is 2.12. The van der Waals surface area contributed by atoms with Crippen LogP contribution in [0.1, 0.15) is 25.8 Å². The molecule has 1 aromatic carbocycles. The van der Waals surface area contributed by atoms with Gasteiger partial charge in [0.05, 0.1) is 6.42 Å². The van der Waals surface area contributed by atoms with Crippen LogP contribution < -0.4 is 5.32 Å². The van der Waals surface area contributed by atoms with E-state index in [0.717, 1.165) is 18.6 Å². The SMILES string of the molecule is CC(C)CC(Br)CNC(=O)Cc1ccc(F)cc1F. The van der Waals surface area contributed by atoms with Gasteiger partial charge >= 0.3 is 0 Å². The molecule has 1 atom stereocenters. The lowest BCUT2D eigenvalue weighted by Gasteiger charge is -2.13. The number of carbonyl (C=O) groups is 1. The molecule has 0 aromatic heterocycles. The Morgan fingerprint density at radius 2 is 2.05 bits per heavy atom. The fraction of sp³-hybridized carbons (Fsp3) is 0.500. The predicted molar refractivity (Wildman–Crippen MR) is 75.2 cm³/mol. The van der Waals surface area contributed by atoms with E-state index in [2.05, 4.69) is 35.1 Å². The second-order valence-corrected chi connectivity index (χ2v) is 6.24. The van der Waals surface area contributed by atoms with Crippen LogP contribution in [0.3, 0.4) is 0 Å². The van der Waals surface area contributed by atoms with Crippen LogP contribution in [0.25, 0.3) is 0 Å². The van der Waals surface area contributed by atoms with Gasteiger partial charge in [-0.25, -0.2) is 8.78 Å². The number of alkyl halides is 1. The smallest absolute Gasteiger partial charge is 0.224 e. The van der Waals surface area contributed by atoms with Crippen molar-refractivity contribution in [2.45, 2.75) is 31.5 Å². The molecule has 0 heterocycles. The normalized spacial score (nSPS) is 12.5. The minimum Gasteiger partial charge on any atom is -0.355 e. The molecule has 1 rings (SSSR count). The van der Waals surface area contributed by atoms with E-state index in [1.165, 1.54) is 6.07 Å². The Morgan fingerprint density at radius 1 is 1.37 bits per heavy atom. The Hall–Kier alpha value is -0.970. The van der Waals surface area contributed by atoms with Gasteiger partial charge in [0.25, 0.3) is 0 Å². The van der Waals surface area contributed by atoms with E-state index < -0.39 is 11.6 Å². The number of hydrogen-bond donors (Lipinski definition) is 1. The van der Waals surface area contributed by atoms with Crippen molar-refractivity contribution in [2.24, 2.45) is 5.92 Å². The van der Waals surface area contributed by atoms with Crippen molar-refractivity contribution < 1.29 is 13.6 Å². The summed E-state index contributed by atoms with van der Waals surface area (Å²) in [6.45, 7) is 4.70. The van der Waals surface area contributed by atoms with Gasteiger partial charge in [-0.3, -0.25) is 4.79 Å². The van der Waals surface area contributed by atoms with Crippen LogP contribution in [0.4, 0.5) is 8.78 Å². The number of hydrogen-bond acceptors (Lipinski definition) is 1. The molecule has 106 valence electrons. The minimum atomic E-state index is -0.687. The van der Waals surface area contributed by atoms with Gasteiger partial charge < -0.3 is 5.32 Å². The third kappa shape index (κ3) is 6.14. The molecule has 0 aliphatic rings. The van der Waals surface area contributed by atoms with E-state index in [1.54, 1.807) is 0 Å². The van der Waals surface area contributed by atoms with Gasteiger partial charge in [0.1, 0.15) is 11.6 Å². The number of nitrogens with one attached hydrogen (secondary N) is 1. The van der Waals surface area contributed by atoms with Gasteiger partial charge in [0.2, 0.25) is 5.91 Å². The minimum absolute atomic E-state index is 0.0759. The largest absolute Gasteiger partial charge is 0.355 e. The average Bonchev–Trinajstić information content (AvgIpc) is 2.29. The van der Waals surface area contributed by atoms with Gasteiger partial charge in [-0.05, 0) is 24.0 Å². The van der Waals surface area contributed by atoms with Crippen molar-refractivity contribution in [3.05, 3.63) is 35.4 Å². The molecule has 0 spiro atoms. The topological polar surface area (TPSA) is 29.1 Å². The summed E-state index contributed by atoms with van der Waals surface area (Å²) >= 11 is 3.48. The highest BCUT2D eigenvalue weighted by atomic mass is 79.9. The Labute approximate surface area is 120 Å². The van der Waals surface area contributed by atoms with Crippen LogP contribution in [0.5, 0.6) is 0 Å². The molecule has 0 saturated carbocycles. The summed E-state index contributed by atoms with van der Waals surface area (Å²) in [4.78, 5) is 11.9. The molecule has 1 amide bonds. The van der Waals surface area contributed by atoms with Crippen molar-refractivity contribution >= 4 is 21.8 Å². The molecule has 1 aromatic rings. The molecule has 0 aliphatic carbocycles. The summed E-state index contributed by atoms with van der Waals surface area (Å²) in [5.74, 6) is -1.05. The zero-order chi connectivity index (χ0) is 14.4. The van der Waals surface area contributed by atoms with Crippen molar-refractivity contribution in [1.82, 2.24) is 5.32 Å². The highest BCUT2D eigenvalue weighted by molar-refractivity contribution is 9.09. The second-order valence-electron chi connectivity index (χ2n) is 4.94. The molecule has 0 aliphatic heterocycles. The van der Waals surface area contributed by atoms with E-state index in [9.17, 15) is 13.6 Å². The first-order valence-electron chi connectivity index (χ1n) is 6.23. The summed E-state index contributed by atoms with van der Waals surface area (Å²) in [5, 5.41) is 2.73. The molecule has 0 bridgehead atoms. The zero-order valence-corrected chi connectivity index (χ0v) is 12.6. The van der Waals surface area contributed by atoms with Crippen LogP contribution in [-0.2, 0) is 11.2 Å². The van der Waals surface area contributed by atoms with E-state index in [1.807, 2.05) is 0 Å².